The summed E-state index contributed by atoms with van der Waals surface area (Å²) >= 11 is 0. The number of carbonyl (C=O) groups excluding carboxylic acids is 1. The molecule has 2 N–H and O–H groups in total. The first-order valence-electron chi connectivity index (χ1n) is 7.37. The van der Waals surface area contributed by atoms with Crippen LogP contribution in [-0.4, -0.2) is 34.1 Å². The van der Waals surface area contributed by atoms with Gasteiger partial charge in [-0.15, -0.1) is 24.8 Å². The molecule has 1 fully saturated rings. The standard InChI is InChI=1S/C16H20N4O.2ClH/c1-12-15(6-3-7-18-12)19-16(21)13-4-2-5-14(10-13)20-9-8-17-11-20;;/h2,4-5,8-12,15,18H,3,6-7H2,1H3,(H,19,21);2*1H. The summed E-state index contributed by atoms with van der Waals surface area (Å²) < 4.78 is 1.89. The number of imidazole rings is 1. The SMILES string of the molecule is CC1NCCCC1NC(=O)c1cccc(-n2ccnc2)c1.Cl.Cl. The van der Waals surface area contributed by atoms with E-state index in [1.165, 1.54) is 0 Å². The second-order valence-electron chi connectivity index (χ2n) is 5.49. The van der Waals surface area contributed by atoms with E-state index in [1.807, 2.05) is 35.0 Å². The first-order valence-corrected chi connectivity index (χ1v) is 7.37. The number of nitrogens with one attached hydrogen (secondary N) is 2. The average Bonchev–Trinajstić information content (AvgIpc) is 3.04. The molecule has 0 radical (unpaired) electrons. The van der Waals surface area contributed by atoms with Crippen molar-refractivity contribution < 1.29 is 4.79 Å². The van der Waals surface area contributed by atoms with E-state index in [9.17, 15) is 4.79 Å². The lowest BCUT2D eigenvalue weighted by atomic mass is 9.99. The molecule has 2 atom stereocenters. The molecule has 7 heteroatoms. The van der Waals surface area contributed by atoms with Gasteiger partial charge in [0.05, 0.1) is 6.33 Å². The number of aromatic nitrogens is 2. The molecule has 2 aromatic rings. The van der Waals surface area contributed by atoms with Crippen molar-refractivity contribution in [3.63, 3.8) is 0 Å². The van der Waals surface area contributed by atoms with Crippen molar-refractivity contribution in [2.75, 3.05) is 6.54 Å². The van der Waals surface area contributed by atoms with Crippen molar-refractivity contribution in [2.45, 2.75) is 31.8 Å². The van der Waals surface area contributed by atoms with Crippen molar-refractivity contribution in [2.24, 2.45) is 0 Å². The minimum Gasteiger partial charge on any atom is -0.348 e. The predicted molar refractivity (Wildman–Crippen MR) is 96.0 cm³/mol. The molecule has 1 aromatic carbocycles. The lowest BCUT2D eigenvalue weighted by Crippen LogP contribution is -2.51. The van der Waals surface area contributed by atoms with Crippen molar-refractivity contribution in [1.82, 2.24) is 20.2 Å². The number of amides is 1. The highest BCUT2D eigenvalue weighted by atomic mass is 35.5. The normalized spacial score (nSPS) is 20.0. The maximum Gasteiger partial charge on any atom is 0.251 e. The van der Waals surface area contributed by atoms with Crippen LogP contribution in [0.25, 0.3) is 5.69 Å². The third-order valence-corrected chi connectivity index (χ3v) is 3.99. The van der Waals surface area contributed by atoms with Gasteiger partial charge >= 0.3 is 0 Å². The summed E-state index contributed by atoms with van der Waals surface area (Å²) in [5.41, 5.74) is 1.62. The van der Waals surface area contributed by atoms with Gasteiger partial charge in [-0.2, -0.15) is 0 Å². The van der Waals surface area contributed by atoms with Crippen LogP contribution in [0.2, 0.25) is 0 Å². The summed E-state index contributed by atoms with van der Waals surface area (Å²) in [7, 11) is 0. The Morgan fingerprint density at radius 2 is 2.22 bits per heavy atom. The molecule has 23 heavy (non-hydrogen) atoms. The summed E-state index contributed by atoms with van der Waals surface area (Å²) in [6, 6.07) is 8.10. The second kappa shape index (κ2) is 8.91. The van der Waals surface area contributed by atoms with Gasteiger partial charge in [-0.05, 0) is 44.5 Å². The molecule has 0 saturated carbocycles. The van der Waals surface area contributed by atoms with Gasteiger partial charge in [-0.1, -0.05) is 6.07 Å². The number of rotatable bonds is 3. The molecule has 1 saturated heterocycles. The lowest BCUT2D eigenvalue weighted by molar-refractivity contribution is 0.0920. The quantitative estimate of drug-likeness (QED) is 0.888. The fraction of sp³-hybridized carbons (Fsp3) is 0.375. The van der Waals surface area contributed by atoms with Crippen LogP contribution in [-0.2, 0) is 0 Å². The molecule has 2 heterocycles. The zero-order valence-corrected chi connectivity index (χ0v) is 14.6. The fourth-order valence-corrected chi connectivity index (χ4v) is 2.71. The first-order chi connectivity index (χ1) is 10.2. The Hall–Kier alpha value is -1.56. The van der Waals surface area contributed by atoms with Crippen molar-refractivity contribution in [1.29, 1.82) is 0 Å². The van der Waals surface area contributed by atoms with Crippen LogP contribution in [0, 0.1) is 0 Å². The zero-order chi connectivity index (χ0) is 14.7. The molecule has 5 nitrogen and oxygen atoms in total. The van der Waals surface area contributed by atoms with E-state index in [0.29, 0.717) is 11.6 Å². The Labute approximate surface area is 148 Å². The molecule has 3 rings (SSSR count). The highest BCUT2D eigenvalue weighted by Crippen LogP contribution is 2.13. The fourth-order valence-electron chi connectivity index (χ4n) is 2.71. The molecule has 1 aromatic heterocycles. The van der Waals surface area contributed by atoms with Gasteiger partial charge in [0.1, 0.15) is 0 Å². The number of hydrogen-bond acceptors (Lipinski definition) is 3. The van der Waals surface area contributed by atoms with Crippen molar-refractivity contribution >= 4 is 30.7 Å². The number of hydrogen-bond donors (Lipinski definition) is 2. The van der Waals surface area contributed by atoms with Crippen LogP contribution in [0.15, 0.2) is 43.0 Å². The Balaban J connectivity index is 0.00000132. The molecule has 1 amide bonds. The first kappa shape index (κ1) is 19.5. The Morgan fingerprint density at radius 1 is 1.39 bits per heavy atom. The number of carbonyl (C=O) groups is 1. The topological polar surface area (TPSA) is 58.9 Å². The van der Waals surface area contributed by atoms with E-state index in [0.717, 1.165) is 25.1 Å². The third-order valence-electron chi connectivity index (χ3n) is 3.99. The monoisotopic (exact) mass is 356 g/mol. The Bertz CT molecular complexity index is 618. The Kier molecular flexibility index (Phi) is 7.55. The smallest absolute Gasteiger partial charge is 0.251 e. The molecule has 0 aliphatic carbocycles. The van der Waals surface area contributed by atoms with Gasteiger partial charge in [0.25, 0.3) is 5.91 Å². The molecule has 0 spiro atoms. The van der Waals surface area contributed by atoms with E-state index in [1.54, 1.807) is 12.5 Å². The number of halogens is 2. The molecule has 1 aliphatic heterocycles. The van der Waals surface area contributed by atoms with E-state index in [-0.39, 0.29) is 36.8 Å². The molecule has 126 valence electrons. The van der Waals surface area contributed by atoms with Crippen molar-refractivity contribution in [3.8, 4) is 5.69 Å². The predicted octanol–water partition coefficient (Wildman–Crippen LogP) is 2.59. The number of piperidine rings is 1. The number of benzene rings is 1. The Morgan fingerprint density at radius 3 is 2.91 bits per heavy atom. The van der Waals surface area contributed by atoms with Gasteiger partial charge in [-0.3, -0.25) is 4.79 Å². The lowest BCUT2D eigenvalue weighted by Gasteiger charge is -2.30. The molecular weight excluding hydrogens is 335 g/mol. The van der Waals surface area contributed by atoms with Crippen molar-refractivity contribution in [3.05, 3.63) is 48.5 Å². The van der Waals surface area contributed by atoms with E-state index in [4.69, 9.17) is 0 Å². The highest BCUT2D eigenvalue weighted by Gasteiger charge is 2.22. The summed E-state index contributed by atoms with van der Waals surface area (Å²) in [6.07, 6.45) is 7.45. The van der Waals surface area contributed by atoms with Gasteiger partial charge in [-0.25, -0.2) is 4.98 Å². The van der Waals surface area contributed by atoms with E-state index in [2.05, 4.69) is 22.5 Å². The van der Waals surface area contributed by atoms with Gasteiger partial charge in [0, 0.05) is 35.7 Å². The molecule has 0 bridgehead atoms. The average molecular weight is 357 g/mol. The minimum atomic E-state index is -0.0162. The maximum absolute atomic E-state index is 12.4. The van der Waals surface area contributed by atoms with Crippen LogP contribution in [0.3, 0.4) is 0 Å². The van der Waals surface area contributed by atoms with Crippen LogP contribution < -0.4 is 10.6 Å². The molecule has 1 aliphatic rings. The highest BCUT2D eigenvalue weighted by molar-refractivity contribution is 5.95. The second-order valence-corrected chi connectivity index (χ2v) is 5.49. The summed E-state index contributed by atoms with van der Waals surface area (Å²) in [6.45, 7) is 3.15. The zero-order valence-electron chi connectivity index (χ0n) is 12.9. The summed E-state index contributed by atoms with van der Waals surface area (Å²) in [4.78, 5) is 16.4. The van der Waals surface area contributed by atoms with E-state index < -0.39 is 0 Å². The van der Waals surface area contributed by atoms with Gasteiger partial charge < -0.3 is 15.2 Å². The summed E-state index contributed by atoms with van der Waals surface area (Å²) in [5, 5.41) is 6.53. The number of nitrogens with zero attached hydrogens (tertiary/aromatic N) is 2. The van der Waals surface area contributed by atoms with E-state index >= 15 is 0 Å². The third kappa shape index (κ3) is 4.70. The largest absolute Gasteiger partial charge is 0.348 e. The maximum atomic E-state index is 12.4. The van der Waals surface area contributed by atoms with Crippen LogP contribution in [0.1, 0.15) is 30.1 Å². The van der Waals surface area contributed by atoms with Crippen LogP contribution >= 0.6 is 24.8 Å². The van der Waals surface area contributed by atoms with Crippen LogP contribution in [0.4, 0.5) is 0 Å². The molecular formula is C16H22Cl2N4O. The van der Waals surface area contributed by atoms with Gasteiger partial charge in [0.2, 0.25) is 0 Å². The minimum absolute atomic E-state index is 0. The van der Waals surface area contributed by atoms with Gasteiger partial charge in [0.15, 0.2) is 0 Å². The van der Waals surface area contributed by atoms with Crippen LogP contribution in [0.5, 0.6) is 0 Å². The summed E-state index contributed by atoms with van der Waals surface area (Å²) in [5.74, 6) is -0.0162. The molecule has 2 unspecified atom stereocenters.